The molecule has 6 heteroatoms. The molecule has 0 aliphatic rings. The molecule has 0 N–H and O–H groups in total. The van der Waals surface area contributed by atoms with Crippen LogP contribution in [-0.2, 0) is 13.1 Å². The first-order chi connectivity index (χ1) is 11.5. The van der Waals surface area contributed by atoms with Gasteiger partial charge in [-0.25, -0.2) is 9.37 Å². The van der Waals surface area contributed by atoms with E-state index in [2.05, 4.69) is 16.8 Å². The molecule has 0 amide bonds. The maximum Gasteiger partial charge on any atom is 0.258 e. The van der Waals surface area contributed by atoms with Crippen molar-refractivity contribution in [2.75, 3.05) is 6.54 Å². The smallest absolute Gasteiger partial charge is 0.258 e. The fraction of sp³-hybridized carbons (Fsp3) is 0.333. The lowest BCUT2D eigenvalue weighted by atomic mass is 10.2. The van der Waals surface area contributed by atoms with Crippen molar-refractivity contribution in [2.45, 2.75) is 33.4 Å². The number of rotatable bonds is 6. The van der Waals surface area contributed by atoms with Crippen molar-refractivity contribution in [1.29, 1.82) is 0 Å². The Hall–Kier alpha value is -2.05. The standard InChI is InChI=1S/C18H20FN3OS/c1-3-8-21(11-14-4-6-15(19)7-5-14)12-16-9-17(23)22-10-13(2)24-18(22)20-16/h4-7,9-10H,3,8,11-12H2,1-2H3. The number of aromatic nitrogens is 2. The monoisotopic (exact) mass is 345 g/mol. The van der Waals surface area contributed by atoms with Crippen LogP contribution in [0.5, 0.6) is 0 Å². The number of fused-ring (bicyclic) bond motifs is 1. The fourth-order valence-corrected chi connectivity index (χ4v) is 3.60. The van der Waals surface area contributed by atoms with Crippen LogP contribution in [-0.4, -0.2) is 20.8 Å². The fourth-order valence-electron chi connectivity index (χ4n) is 2.75. The van der Waals surface area contributed by atoms with Crippen LogP contribution >= 0.6 is 11.3 Å². The van der Waals surface area contributed by atoms with Crippen molar-refractivity contribution >= 4 is 16.3 Å². The molecule has 0 spiro atoms. The summed E-state index contributed by atoms with van der Waals surface area (Å²) in [5.74, 6) is -0.228. The maximum absolute atomic E-state index is 13.1. The maximum atomic E-state index is 13.1. The molecule has 0 bridgehead atoms. The van der Waals surface area contributed by atoms with Gasteiger partial charge in [-0.1, -0.05) is 19.1 Å². The lowest BCUT2D eigenvalue weighted by Crippen LogP contribution is -2.25. The van der Waals surface area contributed by atoms with Gasteiger partial charge in [-0.05, 0) is 37.6 Å². The zero-order valence-electron chi connectivity index (χ0n) is 13.8. The van der Waals surface area contributed by atoms with Crippen molar-refractivity contribution in [1.82, 2.24) is 14.3 Å². The quantitative estimate of drug-likeness (QED) is 0.685. The van der Waals surface area contributed by atoms with E-state index in [9.17, 15) is 9.18 Å². The minimum absolute atomic E-state index is 0.0439. The summed E-state index contributed by atoms with van der Waals surface area (Å²) in [6.07, 6.45) is 2.82. The molecule has 0 saturated carbocycles. The Kier molecular flexibility index (Phi) is 5.06. The van der Waals surface area contributed by atoms with Gasteiger partial charge in [0.1, 0.15) is 5.82 Å². The number of hydrogen-bond donors (Lipinski definition) is 0. The van der Waals surface area contributed by atoms with Crippen LogP contribution in [0.4, 0.5) is 4.39 Å². The van der Waals surface area contributed by atoms with Gasteiger partial charge in [-0.2, -0.15) is 0 Å². The number of hydrogen-bond acceptors (Lipinski definition) is 4. The Morgan fingerprint density at radius 1 is 1.25 bits per heavy atom. The minimum atomic E-state index is -0.228. The van der Waals surface area contributed by atoms with Crippen LogP contribution in [0.1, 0.15) is 29.5 Å². The molecule has 0 aliphatic carbocycles. The molecule has 1 aromatic carbocycles. The molecule has 3 aromatic rings. The molecule has 126 valence electrons. The molecule has 0 saturated heterocycles. The summed E-state index contributed by atoms with van der Waals surface area (Å²) in [5.41, 5.74) is 1.78. The minimum Gasteiger partial charge on any atom is -0.293 e. The van der Waals surface area contributed by atoms with E-state index in [0.717, 1.165) is 34.1 Å². The highest BCUT2D eigenvalue weighted by Crippen LogP contribution is 2.15. The molecule has 0 fully saturated rings. The molecule has 0 aliphatic heterocycles. The van der Waals surface area contributed by atoms with Crippen molar-refractivity contribution in [3.05, 3.63) is 68.8 Å². The third-order valence-corrected chi connectivity index (χ3v) is 4.68. The van der Waals surface area contributed by atoms with Crippen LogP contribution < -0.4 is 5.56 Å². The highest BCUT2D eigenvalue weighted by Gasteiger charge is 2.11. The molecule has 24 heavy (non-hydrogen) atoms. The summed E-state index contributed by atoms with van der Waals surface area (Å²) < 4.78 is 14.6. The second-order valence-electron chi connectivity index (χ2n) is 5.92. The van der Waals surface area contributed by atoms with E-state index in [-0.39, 0.29) is 11.4 Å². The van der Waals surface area contributed by atoms with Gasteiger partial charge in [0.2, 0.25) is 0 Å². The Morgan fingerprint density at radius 3 is 2.71 bits per heavy atom. The Bertz CT molecular complexity index is 885. The van der Waals surface area contributed by atoms with Gasteiger partial charge in [0.15, 0.2) is 4.96 Å². The van der Waals surface area contributed by atoms with Crippen LogP contribution in [0.3, 0.4) is 0 Å². The van der Waals surface area contributed by atoms with Crippen LogP contribution in [0.15, 0.2) is 41.3 Å². The molecular weight excluding hydrogens is 325 g/mol. The van der Waals surface area contributed by atoms with Gasteiger partial charge >= 0.3 is 0 Å². The number of thiazole rings is 1. The number of nitrogens with zero attached hydrogens (tertiary/aromatic N) is 3. The average molecular weight is 345 g/mol. The number of benzene rings is 1. The largest absolute Gasteiger partial charge is 0.293 e. The van der Waals surface area contributed by atoms with E-state index >= 15 is 0 Å². The second kappa shape index (κ2) is 7.23. The van der Waals surface area contributed by atoms with Gasteiger partial charge in [0, 0.05) is 30.2 Å². The van der Waals surface area contributed by atoms with E-state index in [1.165, 1.54) is 23.5 Å². The normalized spacial score (nSPS) is 11.5. The predicted octanol–water partition coefficient (Wildman–Crippen LogP) is 3.62. The SMILES string of the molecule is CCCN(Cc1ccc(F)cc1)Cc1cc(=O)n2cc(C)sc2n1. The molecule has 0 atom stereocenters. The molecule has 2 heterocycles. The number of aryl methyl sites for hydroxylation is 1. The van der Waals surface area contributed by atoms with Crippen LogP contribution in [0, 0.1) is 12.7 Å². The van der Waals surface area contributed by atoms with E-state index < -0.39 is 0 Å². The van der Waals surface area contributed by atoms with Gasteiger partial charge in [-0.3, -0.25) is 14.1 Å². The van der Waals surface area contributed by atoms with Crippen LogP contribution in [0.25, 0.3) is 4.96 Å². The van der Waals surface area contributed by atoms with Crippen molar-refractivity contribution < 1.29 is 4.39 Å². The third kappa shape index (κ3) is 3.88. The molecule has 4 nitrogen and oxygen atoms in total. The Morgan fingerprint density at radius 2 is 2.00 bits per heavy atom. The lowest BCUT2D eigenvalue weighted by molar-refractivity contribution is 0.254. The topological polar surface area (TPSA) is 37.6 Å². The highest BCUT2D eigenvalue weighted by atomic mass is 32.1. The van der Waals surface area contributed by atoms with Gasteiger partial charge < -0.3 is 0 Å². The first-order valence-electron chi connectivity index (χ1n) is 8.00. The van der Waals surface area contributed by atoms with Gasteiger partial charge in [-0.15, -0.1) is 11.3 Å². The van der Waals surface area contributed by atoms with E-state index in [4.69, 9.17) is 0 Å². The van der Waals surface area contributed by atoms with Crippen molar-refractivity contribution in [3.8, 4) is 0 Å². The Labute approximate surface area is 144 Å². The summed E-state index contributed by atoms with van der Waals surface area (Å²) in [4.78, 5) is 20.9. The highest BCUT2D eigenvalue weighted by molar-refractivity contribution is 7.16. The zero-order chi connectivity index (χ0) is 17.1. The van der Waals surface area contributed by atoms with Gasteiger partial charge in [0.25, 0.3) is 5.56 Å². The van der Waals surface area contributed by atoms with Gasteiger partial charge in [0.05, 0.1) is 5.69 Å². The summed E-state index contributed by atoms with van der Waals surface area (Å²) in [6.45, 7) is 6.29. The Balaban J connectivity index is 1.82. The molecule has 0 unspecified atom stereocenters. The first kappa shape index (κ1) is 16.8. The summed E-state index contributed by atoms with van der Waals surface area (Å²) in [7, 11) is 0. The molecular formula is C18H20FN3OS. The zero-order valence-corrected chi connectivity index (χ0v) is 14.6. The average Bonchev–Trinajstić information content (AvgIpc) is 2.91. The summed E-state index contributed by atoms with van der Waals surface area (Å²) in [6, 6.07) is 8.15. The van der Waals surface area contributed by atoms with Crippen molar-refractivity contribution in [2.24, 2.45) is 0 Å². The lowest BCUT2D eigenvalue weighted by Gasteiger charge is -2.21. The van der Waals surface area contributed by atoms with Crippen molar-refractivity contribution in [3.63, 3.8) is 0 Å². The van der Waals surface area contributed by atoms with E-state index in [0.29, 0.717) is 13.1 Å². The predicted molar refractivity (Wildman–Crippen MR) is 94.9 cm³/mol. The third-order valence-electron chi connectivity index (χ3n) is 3.78. The molecule has 0 radical (unpaired) electrons. The van der Waals surface area contributed by atoms with E-state index in [1.807, 2.05) is 13.1 Å². The van der Waals surface area contributed by atoms with Crippen LogP contribution in [0.2, 0.25) is 0 Å². The summed E-state index contributed by atoms with van der Waals surface area (Å²) in [5, 5.41) is 0. The number of halogens is 1. The first-order valence-corrected chi connectivity index (χ1v) is 8.82. The molecule has 3 rings (SSSR count). The van der Waals surface area contributed by atoms with E-state index in [1.54, 1.807) is 22.6 Å². The molecule has 2 aromatic heterocycles. The summed E-state index contributed by atoms with van der Waals surface area (Å²) >= 11 is 1.52. The second-order valence-corrected chi connectivity index (χ2v) is 7.13.